The highest BCUT2D eigenvalue weighted by Crippen LogP contribution is 2.39. The zero-order valence-electron chi connectivity index (χ0n) is 39.8. The van der Waals surface area contributed by atoms with E-state index in [4.69, 9.17) is 0 Å². The standard InChI is InChI=1S/C64H60N2/c1-43-11-25-57(26-12-43)65(59-29-17-53(18-30-59)47(5)15-37-63-49(7)39-45(3)40-50(63)8)61-33-21-55(22-34-61)56-23-35-62(36-24-56)66(58-27-13-44(2)14-28-58)60-31-19-54(20-32-60)48(6)16-38-64-51(9)41-46(4)42-52(64)10/h11-42H,5-6H2,1-4,7-10H3. The molecule has 66 heavy (non-hydrogen) atoms. The molecule has 0 fully saturated rings. The first-order valence-electron chi connectivity index (χ1n) is 22.9. The molecule has 8 rings (SSSR count). The average Bonchev–Trinajstić information content (AvgIpc) is 3.30. The van der Waals surface area contributed by atoms with Gasteiger partial charge in [0.2, 0.25) is 0 Å². The number of anilines is 6. The van der Waals surface area contributed by atoms with Crippen molar-refractivity contribution in [2.24, 2.45) is 0 Å². The predicted molar refractivity (Wildman–Crippen MR) is 288 cm³/mol. The first-order valence-corrected chi connectivity index (χ1v) is 22.9. The van der Waals surface area contributed by atoms with E-state index in [0.29, 0.717) is 0 Å². The predicted octanol–water partition coefficient (Wildman–Crippen LogP) is 18.2. The minimum absolute atomic E-state index is 0.979. The molecule has 0 saturated carbocycles. The number of hydrogen-bond donors (Lipinski definition) is 0. The van der Waals surface area contributed by atoms with Crippen molar-refractivity contribution in [1.29, 1.82) is 0 Å². The van der Waals surface area contributed by atoms with Crippen LogP contribution in [0.3, 0.4) is 0 Å². The summed E-state index contributed by atoms with van der Waals surface area (Å²) in [5, 5.41) is 0. The van der Waals surface area contributed by atoms with Crippen LogP contribution < -0.4 is 9.80 Å². The first-order chi connectivity index (χ1) is 31.8. The zero-order valence-corrected chi connectivity index (χ0v) is 39.8. The Morgan fingerprint density at radius 2 is 0.561 bits per heavy atom. The van der Waals surface area contributed by atoms with Crippen LogP contribution in [0.2, 0.25) is 0 Å². The van der Waals surface area contributed by atoms with Gasteiger partial charge in [-0.15, -0.1) is 0 Å². The molecular weight excluding hydrogens is 797 g/mol. The van der Waals surface area contributed by atoms with E-state index in [2.05, 4.69) is 273 Å². The molecule has 0 aliphatic heterocycles. The van der Waals surface area contributed by atoms with Crippen LogP contribution in [0.1, 0.15) is 66.8 Å². The Labute approximate surface area is 393 Å². The maximum absolute atomic E-state index is 4.43. The molecule has 0 saturated heterocycles. The van der Waals surface area contributed by atoms with Gasteiger partial charge < -0.3 is 9.80 Å². The average molecular weight is 857 g/mol. The largest absolute Gasteiger partial charge is 0.311 e. The fourth-order valence-electron chi connectivity index (χ4n) is 9.01. The summed E-state index contributed by atoms with van der Waals surface area (Å²) in [5.74, 6) is 0. The van der Waals surface area contributed by atoms with Gasteiger partial charge >= 0.3 is 0 Å². The molecule has 2 heteroatoms. The van der Waals surface area contributed by atoms with Crippen LogP contribution in [0.25, 0.3) is 34.4 Å². The smallest absolute Gasteiger partial charge is 0.0462 e. The van der Waals surface area contributed by atoms with Gasteiger partial charge in [-0.25, -0.2) is 0 Å². The normalized spacial score (nSPS) is 11.3. The van der Waals surface area contributed by atoms with Crippen LogP contribution in [0.4, 0.5) is 34.1 Å². The van der Waals surface area contributed by atoms with E-state index in [0.717, 1.165) is 67.5 Å². The van der Waals surface area contributed by atoms with Gasteiger partial charge in [-0.3, -0.25) is 0 Å². The van der Waals surface area contributed by atoms with Crippen molar-refractivity contribution < 1.29 is 0 Å². The van der Waals surface area contributed by atoms with Crippen molar-refractivity contribution in [2.75, 3.05) is 9.80 Å². The molecular formula is C64H60N2. The molecule has 0 amide bonds. The Bertz CT molecular complexity index is 2810. The highest BCUT2D eigenvalue weighted by molar-refractivity contribution is 5.84. The van der Waals surface area contributed by atoms with Crippen LogP contribution in [0.5, 0.6) is 0 Å². The van der Waals surface area contributed by atoms with E-state index in [1.54, 1.807) is 0 Å². The van der Waals surface area contributed by atoms with E-state index in [1.165, 1.54) is 55.6 Å². The van der Waals surface area contributed by atoms with Crippen molar-refractivity contribution in [1.82, 2.24) is 0 Å². The van der Waals surface area contributed by atoms with Crippen LogP contribution >= 0.6 is 0 Å². The highest BCUT2D eigenvalue weighted by Gasteiger charge is 2.16. The minimum Gasteiger partial charge on any atom is -0.311 e. The molecule has 0 heterocycles. The van der Waals surface area contributed by atoms with Gasteiger partial charge in [0.25, 0.3) is 0 Å². The van der Waals surface area contributed by atoms with Gasteiger partial charge in [-0.1, -0.05) is 157 Å². The first kappa shape index (κ1) is 44.9. The third-order valence-corrected chi connectivity index (χ3v) is 12.5. The Kier molecular flexibility index (Phi) is 13.3. The number of benzene rings is 8. The summed E-state index contributed by atoms with van der Waals surface area (Å²) in [7, 11) is 0. The SMILES string of the molecule is C=C(C=Cc1c(C)cc(C)cc1C)c1ccc(N(c2ccc(C)cc2)c2ccc(-c3ccc(N(c4ccc(C)cc4)c4ccc(C(=C)C=Cc5c(C)cc(C)cc5C)cc4)cc3)cc2)cc1. The van der Waals surface area contributed by atoms with Gasteiger partial charge in [0, 0.05) is 34.1 Å². The zero-order chi connectivity index (χ0) is 46.5. The maximum Gasteiger partial charge on any atom is 0.0462 e. The molecule has 0 aromatic heterocycles. The van der Waals surface area contributed by atoms with E-state index in [9.17, 15) is 0 Å². The summed E-state index contributed by atoms with van der Waals surface area (Å²) < 4.78 is 0. The Balaban J connectivity index is 1.03. The highest BCUT2D eigenvalue weighted by atomic mass is 15.1. The molecule has 0 radical (unpaired) electrons. The third-order valence-electron chi connectivity index (χ3n) is 12.5. The number of nitrogens with zero attached hydrogens (tertiary/aromatic N) is 2. The lowest BCUT2D eigenvalue weighted by Gasteiger charge is -2.26. The van der Waals surface area contributed by atoms with Crippen molar-refractivity contribution >= 4 is 57.4 Å². The number of rotatable bonds is 13. The lowest BCUT2D eigenvalue weighted by molar-refractivity contribution is 1.27. The van der Waals surface area contributed by atoms with Crippen LogP contribution in [0.15, 0.2) is 195 Å². The van der Waals surface area contributed by atoms with Gasteiger partial charge in [-0.05, 0) is 195 Å². The van der Waals surface area contributed by atoms with Crippen LogP contribution in [-0.2, 0) is 0 Å². The fourth-order valence-corrected chi connectivity index (χ4v) is 9.01. The fraction of sp³-hybridized carbons (Fsp3) is 0.125. The summed E-state index contributed by atoms with van der Waals surface area (Å²) in [6.07, 6.45) is 8.65. The van der Waals surface area contributed by atoms with E-state index < -0.39 is 0 Å². The van der Waals surface area contributed by atoms with Gasteiger partial charge in [0.15, 0.2) is 0 Å². The summed E-state index contributed by atoms with van der Waals surface area (Å²) >= 11 is 0. The topological polar surface area (TPSA) is 6.48 Å². The summed E-state index contributed by atoms with van der Waals surface area (Å²) in [6, 6.07) is 61.6. The monoisotopic (exact) mass is 856 g/mol. The Hall–Kier alpha value is -7.68. The van der Waals surface area contributed by atoms with Gasteiger partial charge in [0.1, 0.15) is 0 Å². The van der Waals surface area contributed by atoms with E-state index in [-0.39, 0.29) is 0 Å². The van der Waals surface area contributed by atoms with Gasteiger partial charge in [0.05, 0.1) is 0 Å². The lowest BCUT2D eigenvalue weighted by Crippen LogP contribution is -2.10. The van der Waals surface area contributed by atoms with Crippen LogP contribution in [-0.4, -0.2) is 0 Å². The number of hydrogen-bond acceptors (Lipinski definition) is 2. The van der Waals surface area contributed by atoms with Gasteiger partial charge in [-0.2, -0.15) is 0 Å². The molecule has 0 N–H and O–H groups in total. The molecule has 2 nitrogen and oxygen atoms in total. The molecule has 0 atom stereocenters. The lowest BCUT2D eigenvalue weighted by atomic mass is 9.98. The van der Waals surface area contributed by atoms with Crippen LogP contribution in [0, 0.1) is 55.4 Å². The second-order valence-corrected chi connectivity index (χ2v) is 17.9. The maximum atomic E-state index is 4.43. The van der Waals surface area contributed by atoms with E-state index >= 15 is 0 Å². The second kappa shape index (κ2) is 19.6. The van der Waals surface area contributed by atoms with Crippen molar-refractivity contribution in [3.05, 3.63) is 262 Å². The Morgan fingerprint density at radius 1 is 0.318 bits per heavy atom. The third kappa shape index (κ3) is 10.1. The molecule has 326 valence electrons. The van der Waals surface area contributed by atoms with Crippen molar-refractivity contribution in [3.8, 4) is 11.1 Å². The second-order valence-electron chi connectivity index (χ2n) is 17.9. The summed E-state index contributed by atoms with van der Waals surface area (Å²) in [5.41, 5.74) is 25.7. The molecule has 8 aromatic carbocycles. The molecule has 8 aromatic rings. The van der Waals surface area contributed by atoms with Crippen molar-refractivity contribution in [3.63, 3.8) is 0 Å². The molecule has 0 unspecified atom stereocenters. The Morgan fingerprint density at radius 3 is 0.833 bits per heavy atom. The molecule has 0 bridgehead atoms. The summed E-state index contributed by atoms with van der Waals surface area (Å²) in [4.78, 5) is 4.63. The van der Waals surface area contributed by atoms with E-state index in [1.807, 2.05) is 0 Å². The molecule has 0 aliphatic rings. The minimum atomic E-state index is 0.979. The quantitative estimate of drug-likeness (QED) is 0.107. The summed E-state index contributed by atoms with van der Waals surface area (Å²) in [6.45, 7) is 26.1. The number of allylic oxidation sites excluding steroid dienone is 4. The molecule has 0 spiro atoms. The van der Waals surface area contributed by atoms with Crippen molar-refractivity contribution in [2.45, 2.75) is 55.4 Å². The molecule has 0 aliphatic carbocycles. The number of aryl methyl sites for hydroxylation is 8.